The predicted molar refractivity (Wildman–Crippen MR) is 93.4 cm³/mol. The van der Waals surface area contributed by atoms with Crippen LogP contribution in [0.4, 0.5) is 0 Å². The number of fused-ring (bicyclic) bond motifs is 1. The van der Waals surface area contributed by atoms with Crippen LogP contribution in [-0.4, -0.2) is 23.1 Å². The zero-order valence-corrected chi connectivity index (χ0v) is 14.2. The molecule has 3 rings (SSSR count). The number of rotatable bonds is 2. The Kier molecular flexibility index (Phi) is 4.36. The first kappa shape index (κ1) is 16.2. The highest BCUT2D eigenvalue weighted by Crippen LogP contribution is 2.31. The highest BCUT2D eigenvalue weighted by molar-refractivity contribution is 6.65. The normalized spacial score (nSPS) is 22.2. The van der Waals surface area contributed by atoms with Crippen molar-refractivity contribution in [3.63, 3.8) is 0 Å². The monoisotopic (exact) mass is 342 g/mol. The number of nitrogens with zero attached hydrogens (tertiary/aromatic N) is 4. The second kappa shape index (κ2) is 6.46. The first-order valence-corrected chi connectivity index (χ1v) is 7.75. The van der Waals surface area contributed by atoms with Gasteiger partial charge in [0.15, 0.2) is 0 Å². The lowest BCUT2D eigenvalue weighted by Crippen LogP contribution is -2.36. The van der Waals surface area contributed by atoms with Crippen molar-refractivity contribution >= 4 is 34.6 Å². The Bertz CT molecular complexity index is 826. The summed E-state index contributed by atoms with van der Waals surface area (Å²) in [6.45, 7) is 5.72. The number of halogens is 1. The molecule has 0 saturated heterocycles. The van der Waals surface area contributed by atoms with Gasteiger partial charge in [-0.3, -0.25) is 0 Å². The lowest BCUT2D eigenvalue weighted by Gasteiger charge is -2.22. The number of aryl methyl sites for hydroxylation is 2. The van der Waals surface area contributed by atoms with Crippen LogP contribution in [0, 0.1) is 31.1 Å². The fourth-order valence-corrected chi connectivity index (χ4v) is 2.90. The molecule has 2 heterocycles. The Morgan fingerprint density at radius 3 is 2.67 bits per heavy atom. The van der Waals surface area contributed by atoms with E-state index in [4.69, 9.17) is 26.4 Å². The second-order valence-electron chi connectivity index (χ2n) is 5.60. The van der Waals surface area contributed by atoms with Crippen LogP contribution < -0.4 is 4.74 Å². The van der Waals surface area contributed by atoms with Crippen LogP contribution in [0.25, 0.3) is 6.08 Å². The van der Waals surface area contributed by atoms with Crippen LogP contribution in [0.1, 0.15) is 23.6 Å². The van der Waals surface area contributed by atoms with E-state index in [1.807, 2.05) is 39.0 Å². The zero-order valence-electron chi connectivity index (χ0n) is 13.4. The minimum absolute atomic E-state index is 0.0834. The summed E-state index contributed by atoms with van der Waals surface area (Å²) >= 11 is 5.97. The molecule has 24 heavy (non-hydrogen) atoms. The molecular weight excluding hydrogens is 328 g/mol. The van der Waals surface area contributed by atoms with Gasteiger partial charge in [0.05, 0.1) is 11.8 Å². The Balaban J connectivity index is 1.93. The maximum atomic E-state index is 8.65. The minimum Gasteiger partial charge on any atom is -0.441 e. The van der Waals surface area contributed by atoms with Crippen molar-refractivity contribution in [3.05, 3.63) is 34.9 Å². The summed E-state index contributed by atoms with van der Waals surface area (Å²) in [5.41, 5.74) is 3.54. The topological polar surface area (TPSA) is 79.3 Å². The summed E-state index contributed by atoms with van der Waals surface area (Å²) in [6, 6.07) is 5.87. The number of amidine groups is 1. The number of oxime groups is 1. The molecule has 0 radical (unpaired) electrons. The van der Waals surface area contributed by atoms with Gasteiger partial charge in [-0.1, -0.05) is 5.16 Å². The number of benzene rings is 1. The van der Waals surface area contributed by atoms with Gasteiger partial charge in [0.2, 0.25) is 17.4 Å². The van der Waals surface area contributed by atoms with Crippen molar-refractivity contribution in [2.24, 2.45) is 21.1 Å². The SMILES string of the molecule is CC1=NOC2N=C(Cl)N=C(Oc3c(C)cc(/C=C/C#N)cc3C)C12. The number of hydrogen-bond donors (Lipinski definition) is 0. The Labute approximate surface area is 144 Å². The third-order valence-corrected chi connectivity index (χ3v) is 3.96. The molecule has 2 aliphatic heterocycles. The molecule has 0 N–H and O–H groups in total. The predicted octanol–water partition coefficient (Wildman–Crippen LogP) is 3.57. The third kappa shape index (κ3) is 3.03. The van der Waals surface area contributed by atoms with E-state index in [0.29, 0.717) is 11.6 Å². The maximum Gasteiger partial charge on any atom is 0.236 e. The summed E-state index contributed by atoms with van der Waals surface area (Å²) in [4.78, 5) is 13.6. The smallest absolute Gasteiger partial charge is 0.236 e. The largest absolute Gasteiger partial charge is 0.441 e. The highest BCUT2D eigenvalue weighted by Gasteiger charge is 2.40. The molecule has 1 aromatic rings. The molecule has 0 bridgehead atoms. The molecule has 6 nitrogen and oxygen atoms in total. The summed E-state index contributed by atoms with van der Waals surface area (Å²) < 4.78 is 6.07. The van der Waals surface area contributed by atoms with Crippen LogP contribution in [-0.2, 0) is 4.84 Å². The molecule has 2 atom stereocenters. The van der Waals surface area contributed by atoms with Gasteiger partial charge in [0.1, 0.15) is 11.7 Å². The number of ether oxygens (including phenoxy) is 1. The van der Waals surface area contributed by atoms with Crippen molar-refractivity contribution in [2.75, 3.05) is 0 Å². The molecule has 7 heteroatoms. The molecule has 122 valence electrons. The van der Waals surface area contributed by atoms with Crippen molar-refractivity contribution in [1.82, 2.24) is 0 Å². The van der Waals surface area contributed by atoms with Gasteiger partial charge >= 0.3 is 0 Å². The van der Waals surface area contributed by atoms with Gasteiger partial charge in [0, 0.05) is 6.08 Å². The van der Waals surface area contributed by atoms with Gasteiger partial charge in [-0.2, -0.15) is 10.3 Å². The van der Waals surface area contributed by atoms with Gasteiger partial charge in [-0.25, -0.2) is 4.99 Å². The van der Waals surface area contributed by atoms with Crippen molar-refractivity contribution < 1.29 is 9.57 Å². The second-order valence-corrected chi connectivity index (χ2v) is 5.94. The fourth-order valence-electron chi connectivity index (χ4n) is 2.72. The molecule has 0 aliphatic carbocycles. The molecule has 0 spiro atoms. The van der Waals surface area contributed by atoms with E-state index in [2.05, 4.69) is 15.1 Å². The summed E-state index contributed by atoms with van der Waals surface area (Å²) in [5.74, 6) is 0.849. The van der Waals surface area contributed by atoms with Crippen LogP contribution in [0.5, 0.6) is 5.75 Å². The van der Waals surface area contributed by atoms with E-state index in [9.17, 15) is 0 Å². The molecule has 2 aliphatic rings. The van der Waals surface area contributed by atoms with Gasteiger partial charge in [-0.15, -0.1) is 0 Å². The first-order chi connectivity index (χ1) is 11.5. The fraction of sp³-hybridized carbons (Fsp3) is 0.294. The first-order valence-electron chi connectivity index (χ1n) is 7.37. The van der Waals surface area contributed by atoms with E-state index in [0.717, 1.165) is 22.4 Å². The lowest BCUT2D eigenvalue weighted by atomic mass is 10.0. The Morgan fingerprint density at radius 1 is 1.29 bits per heavy atom. The van der Waals surface area contributed by atoms with Crippen LogP contribution in [0.15, 0.2) is 33.3 Å². The quantitative estimate of drug-likeness (QED) is 0.608. The Hall–Kier alpha value is -2.65. The number of allylic oxidation sites excluding steroid dienone is 1. The van der Waals surface area contributed by atoms with E-state index >= 15 is 0 Å². The van der Waals surface area contributed by atoms with E-state index in [1.165, 1.54) is 6.08 Å². The summed E-state index contributed by atoms with van der Waals surface area (Å²) in [7, 11) is 0. The molecule has 0 aromatic heterocycles. The minimum atomic E-state index is -0.525. The van der Waals surface area contributed by atoms with Gasteiger partial charge < -0.3 is 9.57 Å². The average Bonchev–Trinajstić information content (AvgIpc) is 2.89. The molecule has 0 amide bonds. The number of hydrogen-bond acceptors (Lipinski definition) is 6. The standard InChI is InChI=1S/C17H15ClN4O2/c1-9-7-12(5-4-6-19)8-10(2)14(9)23-15-13-11(3)22-24-16(13)21-17(18)20-15/h4-5,7-8,13,16H,1-3H3/b5-4+. The third-order valence-electron chi connectivity index (χ3n) is 3.78. The summed E-state index contributed by atoms with van der Waals surface area (Å²) in [5, 5.41) is 12.7. The molecule has 1 aromatic carbocycles. The lowest BCUT2D eigenvalue weighted by molar-refractivity contribution is 0.0778. The average molecular weight is 343 g/mol. The number of aliphatic imine (C=N–C) groups is 2. The van der Waals surface area contributed by atoms with E-state index in [1.54, 1.807) is 6.08 Å². The van der Waals surface area contributed by atoms with E-state index < -0.39 is 6.23 Å². The van der Waals surface area contributed by atoms with Crippen LogP contribution in [0.3, 0.4) is 0 Å². The van der Waals surface area contributed by atoms with E-state index in [-0.39, 0.29) is 11.2 Å². The van der Waals surface area contributed by atoms with Crippen LogP contribution in [0.2, 0.25) is 0 Å². The zero-order chi connectivity index (χ0) is 17.3. The highest BCUT2D eigenvalue weighted by atomic mass is 35.5. The number of nitriles is 1. The van der Waals surface area contributed by atoms with Crippen molar-refractivity contribution in [2.45, 2.75) is 27.0 Å². The maximum absolute atomic E-state index is 8.65. The van der Waals surface area contributed by atoms with Crippen molar-refractivity contribution in [1.29, 1.82) is 5.26 Å². The van der Waals surface area contributed by atoms with Gasteiger partial charge in [-0.05, 0) is 67.3 Å². The molecule has 0 fully saturated rings. The summed E-state index contributed by atoms with van der Waals surface area (Å²) in [6.07, 6.45) is 2.67. The molecule has 2 unspecified atom stereocenters. The van der Waals surface area contributed by atoms with Crippen molar-refractivity contribution in [3.8, 4) is 11.8 Å². The molecular formula is C17H15ClN4O2. The Morgan fingerprint density at radius 2 is 2.00 bits per heavy atom. The van der Waals surface area contributed by atoms with Gasteiger partial charge in [0.25, 0.3) is 0 Å². The molecule has 0 saturated carbocycles. The van der Waals surface area contributed by atoms with Crippen LogP contribution >= 0.6 is 11.6 Å².